The average Bonchev–Trinajstić information content (AvgIpc) is 2.47. The van der Waals surface area contributed by atoms with E-state index in [2.05, 4.69) is 31.4 Å². The number of thiocarbonyl (C=S) groups is 1. The summed E-state index contributed by atoms with van der Waals surface area (Å²) in [5.41, 5.74) is 1.64. The lowest BCUT2D eigenvalue weighted by atomic mass is 10.0. The van der Waals surface area contributed by atoms with Gasteiger partial charge in [0.05, 0.1) is 4.90 Å². The van der Waals surface area contributed by atoms with Gasteiger partial charge in [0, 0.05) is 25.8 Å². The normalized spacial score (nSPS) is 13.2. The largest absolute Gasteiger partial charge is 0.360 e. The Balaban J connectivity index is 2.82. The summed E-state index contributed by atoms with van der Waals surface area (Å²) in [6, 6.07) is 5.28. The zero-order chi connectivity index (χ0) is 18.5. The van der Waals surface area contributed by atoms with E-state index in [0.717, 1.165) is 18.4 Å². The number of benzene rings is 1. The Morgan fingerprint density at radius 1 is 1.21 bits per heavy atom. The number of aryl methyl sites for hydroxylation is 1. The zero-order valence-electron chi connectivity index (χ0n) is 15.4. The van der Waals surface area contributed by atoms with Crippen LogP contribution in [0.1, 0.15) is 39.2 Å². The summed E-state index contributed by atoms with van der Waals surface area (Å²) in [5.74, 6) is 0.658. The van der Waals surface area contributed by atoms with E-state index in [9.17, 15) is 8.42 Å². The predicted molar refractivity (Wildman–Crippen MR) is 105 cm³/mol. The summed E-state index contributed by atoms with van der Waals surface area (Å²) in [4.78, 5) is 0.247. The summed E-state index contributed by atoms with van der Waals surface area (Å²) in [6.07, 6.45) is 2.17. The van der Waals surface area contributed by atoms with Crippen molar-refractivity contribution < 1.29 is 8.42 Å². The minimum Gasteiger partial charge on any atom is -0.360 e. The van der Waals surface area contributed by atoms with Crippen LogP contribution in [0.15, 0.2) is 23.1 Å². The molecule has 0 aliphatic rings. The number of hydrogen-bond acceptors (Lipinski definition) is 3. The summed E-state index contributed by atoms with van der Waals surface area (Å²) in [7, 11) is -0.426. The molecule has 0 spiro atoms. The van der Waals surface area contributed by atoms with Gasteiger partial charge in [-0.15, -0.1) is 0 Å². The minimum absolute atomic E-state index is 0.247. The second kappa shape index (κ2) is 8.78. The third kappa shape index (κ3) is 6.03. The van der Waals surface area contributed by atoms with Gasteiger partial charge < -0.3 is 10.6 Å². The van der Waals surface area contributed by atoms with E-state index >= 15 is 0 Å². The standard InChI is InChI=1S/C17H29N3O2S2/c1-12(2)7-9-14(4)18-17(23)19-16-11-15(10-8-13(16)3)24(21,22)20(5)6/h8,10-12,14H,7,9H2,1-6H3,(H2,18,19,23)/t14-/m1/s1. The van der Waals surface area contributed by atoms with Crippen LogP contribution in [0.3, 0.4) is 0 Å². The van der Waals surface area contributed by atoms with E-state index in [1.807, 2.05) is 6.92 Å². The number of rotatable bonds is 7. The highest BCUT2D eigenvalue weighted by atomic mass is 32.2. The van der Waals surface area contributed by atoms with Gasteiger partial charge in [0.2, 0.25) is 10.0 Å². The molecule has 0 fully saturated rings. The Morgan fingerprint density at radius 2 is 1.83 bits per heavy atom. The lowest BCUT2D eigenvalue weighted by molar-refractivity contribution is 0.494. The molecule has 0 saturated heterocycles. The van der Waals surface area contributed by atoms with Crippen LogP contribution in [0.25, 0.3) is 0 Å². The monoisotopic (exact) mass is 371 g/mol. The number of nitrogens with one attached hydrogen (secondary N) is 2. The van der Waals surface area contributed by atoms with Gasteiger partial charge in [-0.1, -0.05) is 19.9 Å². The lowest BCUT2D eigenvalue weighted by Gasteiger charge is -2.19. The van der Waals surface area contributed by atoms with Crippen molar-refractivity contribution in [3.8, 4) is 0 Å². The highest BCUT2D eigenvalue weighted by Gasteiger charge is 2.18. The number of anilines is 1. The van der Waals surface area contributed by atoms with Gasteiger partial charge in [0.15, 0.2) is 5.11 Å². The first-order valence-electron chi connectivity index (χ1n) is 8.14. The number of hydrogen-bond donors (Lipinski definition) is 2. The molecule has 24 heavy (non-hydrogen) atoms. The van der Waals surface area contributed by atoms with Gasteiger partial charge in [0.1, 0.15) is 0 Å². The number of nitrogens with zero attached hydrogens (tertiary/aromatic N) is 1. The van der Waals surface area contributed by atoms with Crippen molar-refractivity contribution >= 4 is 33.0 Å². The zero-order valence-corrected chi connectivity index (χ0v) is 17.0. The third-order valence-corrected chi connectivity index (χ3v) is 5.82. The summed E-state index contributed by atoms with van der Waals surface area (Å²) < 4.78 is 25.7. The molecule has 0 unspecified atom stereocenters. The van der Waals surface area contributed by atoms with Crippen molar-refractivity contribution in [3.05, 3.63) is 23.8 Å². The summed E-state index contributed by atoms with van der Waals surface area (Å²) in [6.45, 7) is 8.40. The lowest BCUT2D eigenvalue weighted by Crippen LogP contribution is -2.36. The fraction of sp³-hybridized carbons (Fsp3) is 0.588. The first-order chi connectivity index (χ1) is 11.0. The van der Waals surface area contributed by atoms with Crippen LogP contribution in [0.5, 0.6) is 0 Å². The molecule has 5 nitrogen and oxygen atoms in total. The summed E-state index contributed by atoms with van der Waals surface area (Å²) >= 11 is 5.36. The van der Waals surface area contributed by atoms with Crippen LogP contribution < -0.4 is 10.6 Å². The van der Waals surface area contributed by atoms with E-state index in [4.69, 9.17) is 12.2 Å². The van der Waals surface area contributed by atoms with Gasteiger partial charge in [-0.2, -0.15) is 0 Å². The molecular weight excluding hydrogens is 342 g/mol. The molecule has 1 aromatic carbocycles. The van der Waals surface area contributed by atoms with Gasteiger partial charge >= 0.3 is 0 Å². The second-order valence-corrected chi connectivity index (χ2v) is 9.29. The Kier molecular flexibility index (Phi) is 7.63. The molecule has 0 aromatic heterocycles. The molecule has 0 amide bonds. The quantitative estimate of drug-likeness (QED) is 0.720. The van der Waals surface area contributed by atoms with Crippen LogP contribution in [-0.4, -0.2) is 38.0 Å². The maximum absolute atomic E-state index is 12.3. The number of sulfonamides is 1. The first kappa shape index (κ1) is 20.9. The average molecular weight is 372 g/mol. The minimum atomic E-state index is -3.46. The van der Waals surface area contributed by atoms with Crippen molar-refractivity contribution in [2.45, 2.75) is 51.5 Å². The van der Waals surface area contributed by atoms with Gasteiger partial charge in [-0.05, 0) is 62.5 Å². The predicted octanol–water partition coefficient (Wildman–Crippen LogP) is 3.36. The van der Waals surface area contributed by atoms with Crippen molar-refractivity contribution in [2.75, 3.05) is 19.4 Å². The van der Waals surface area contributed by atoms with E-state index in [0.29, 0.717) is 16.7 Å². The van der Waals surface area contributed by atoms with Crippen LogP contribution in [0.2, 0.25) is 0 Å². The third-order valence-electron chi connectivity index (χ3n) is 3.79. The maximum atomic E-state index is 12.3. The molecular formula is C17H29N3O2S2. The highest BCUT2D eigenvalue weighted by molar-refractivity contribution is 7.89. The summed E-state index contributed by atoms with van der Waals surface area (Å²) in [5, 5.41) is 6.88. The molecule has 1 aromatic rings. The molecule has 0 heterocycles. The molecule has 0 saturated carbocycles. The van der Waals surface area contributed by atoms with Crippen molar-refractivity contribution in [1.82, 2.24) is 9.62 Å². The topological polar surface area (TPSA) is 61.4 Å². The molecule has 0 aliphatic carbocycles. The van der Waals surface area contributed by atoms with Gasteiger partial charge in [0.25, 0.3) is 0 Å². The Morgan fingerprint density at radius 3 is 2.38 bits per heavy atom. The molecule has 136 valence electrons. The molecule has 0 radical (unpaired) electrons. The van der Waals surface area contributed by atoms with Crippen LogP contribution >= 0.6 is 12.2 Å². The van der Waals surface area contributed by atoms with Crippen molar-refractivity contribution in [2.24, 2.45) is 5.92 Å². The Labute approximate surface area is 151 Å². The van der Waals surface area contributed by atoms with E-state index in [-0.39, 0.29) is 10.9 Å². The van der Waals surface area contributed by atoms with E-state index < -0.39 is 10.0 Å². The molecule has 2 N–H and O–H groups in total. The van der Waals surface area contributed by atoms with Crippen LogP contribution in [0, 0.1) is 12.8 Å². The van der Waals surface area contributed by atoms with Gasteiger partial charge in [-0.3, -0.25) is 0 Å². The highest BCUT2D eigenvalue weighted by Crippen LogP contribution is 2.22. The fourth-order valence-corrected chi connectivity index (χ4v) is 3.38. The van der Waals surface area contributed by atoms with Crippen LogP contribution in [0.4, 0.5) is 5.69 Å². The smallest absolute Gasteiger partial charge is 0.242 e. The Hall–Kier alpha value is -1.18. The molecule has 0 aliphatic heterocycles. The van der Waals surface area contributed by atoms with Crippen molar-refractivity contribution in [3.63, 3.8) is 0 Å². The maximum Gasteiger partial charge on any atom is 0.242 e. The molecule has 1 rings (SSSR count). The van der Waals surface area contributed by atoms with Crippen LogP contribution in [-0.2, 0) is 10.0 Å². The molecule has 7 heteroatoms. The SMILES string of the molecule is Cc1ccc(S(=O)(=O)N(C)C)cc1NC(=S)N[C@H](C)CCC(C)C. The van der Waals surface area contributed by atoms with Crippen molar-refractivity contribution in [1.29, 1.82) is 0 Å². The first-order valence-corrected chi connectivity index (χ1v) is 9.99. The van der Waals surface area contributed by atoms with Gasteiger partial charge in [-0.25, -0.2) is 12.7 Å². The molecule has 1 atom stereocenters. The Bertz CT molecular complexity index is 670. The van der Waals surface area contributed by atoms with E-state index in [1.165, 1.54) is 18.4 Å². The van der Waals surface area contributed by atoms with E-state index in [1.54, 1.807) is 18.2 Å². The second-order valence-electron chi connectivity index (χ2n) is 6.73. The molecule has 0 bridgehead atoms. The fourth-order valence-electron chi connectivity index (χ4n) is 2.14.